The van der Waals surface area contributed by atoms with Crippen molar-refractivity contribution in [1.29, 1.82) is 0 Å². The third kappa shape index (κ3) is 5.62. The van der Waals surface area contributed by atoms with Crippen molar-refractivity contribution in [3.05, 3.63) is 249 Å². The van der Waals surface area contributed by atoms with Crippen LogP contribution in [0.2, 0.25) is 0 Å². The number of rotatable bonds is 7. The molecule has 12 rings (SSSR count). The number of hydrogen-bond donors (Lipinski definition) is 0. The Morgan fingerprint density at radius 1 is 0.226 bits per heavy atom. The molecule has 2 heteroatoms. The molecule has 10 aromatic rings. The van der Waals surface area contributed by atoms with Crippen LogP contribution in [0.25, 0.3) is 66.8 Å². The zero-order valence-electron chi connectivity index (χ0n) is 34.1. The summed E-state index contributed by atoms with van der Waals surface area (Å²) in [5.41, 5.74) is 23.3. The Balaban J connectivity index is 0.921. The second-order valence-electron chi connectivity index (χ2n) is 16.2. The summed E-state index contributed by atoms with van der Waals surface area (Å²) in [5.74, 6) is 0. The van der Waals surface area contributed by atoms with E-state index in [0.717, 1.165) is 17.1 Å². The highest BCUT2D eigenvalue weighted by Gasteiger charge is 2.55. The van der Waals surface area contributed by atoms with Gasteiger partial charge in [0.05, 0.1) is 22.3 Å². The lowest BCUT2D eigenvalue weighted by molar-refractivity contribution is 0.741. The second-order valence-corrected chi connectivity index (χ2v) is 16.2. The molecule has 0 saturated heterocycles. The van der Waals surface area contributed by atoms with Crippen molar-refractivity contribution >= 4 is 39.8 Å². The monoisotopic (exact) mass is 789 g/mol. The van der Waals surface area contributed by atoms with Crippen LogP contribution in [0.1, 0.15) is 0 Å². The maximum atomic E-state index is 2.36. The first-order valence-electron chi connectivity index (χ1n) is 21.4. The van der Waals surface area contributed by atoms with Crippen LogP contribution in [0.5, 0.6) is 0 Å². The van der Waals surface area contributed by atoms with E-state index < -0.39 is 0 Å². The predicted octanol–water partition coefficient (Wildman–Crippen LogP) is 17.1. The van der Waals surface area contributed by atoms with E-state index in [1.165, 1.54) is 89.5 Å². The summed E-state index contributed by atoms with van der Waals surface area (Å²) in [7, 11) is 0. The summed E-state index contributed by atoms with van der Waals surface area (Å²) in [6.07, 6.45) is 0. The fourth-order valence-corrected chi connectivity index (χ4v) is 10.1. The Labute approximate surface area is 363 Å². The molecule has 2 nitrogen and oxygen atoms in total. The van der Waals surface area contributed by atoms with Gasteiger partial charge in [-0.1, -0.05) is 164 Å². The molecule has 0 aliphatic carbocycles. The fraction of sp³-hybridized carbons (Fsp3) is 0. The lowest BCUT2D eigenvalue weighted by Crippen LogP contribution is -2.29. The Bertz CT molecular complexity index is 3200. The van der Waals surface area contributed by atoms with Crippen LogP contribution in [0, 0.1) is 0 Å². The van der Waals surface area contributed by atoms with Gasteiger partial charge in [-0.15, -0.1) is 0 Å². The minimum absolute atomic E-state index is 0.594. The normalized spacial score (nSPS) is 12.6. The van der Waals surface area contributed by atoms with E-state index in [2.05, 4.69) is 254 Å². The van der Waals surface area contributed by atoms with Gasteiger partial charge in [0, 0.05) is 40.8 Å². The zero-order chi connectivity index (χ0) is 41.0. The third-order valence-corrected chi connectivity index (χ3v) is 12.8. The quantitative estimate of drug-likeness (QED) is 0.145. The lowest BCUT2D eigenvalue weighted by Gasteiger charge is -2.32. The van der Waals surface area contributed by atoms with Crippen molar-refractivity contribution in [3.8, 4) is 66.8 Å². The Morgan fingerprint density at radius 3 is 1.11 bits per heavy atom. The Kier molecular flexibility index (Phi) is 8.45. The molecule has 0 bridgehead atoms. The molecule has 10 aromatic carbocycles. The molecule has 0 N–H and O–H groups in total. The highest BCUT2D eigenvalue weighted by molar-refractivity contribution is 6.14. The van der Waals surface area contributed by atoms with E-state index in [4.69, 9.17) is 0 Å². The molecule has 0 unspecified atom stereocenters. The number of para-hydroxylation sites is 4. The number of quaternary nitrogens is 1. The lowest BCUT2D eigenvalue weighted by atomic mass is 9.95. The van der Waals surface area contributed by atoms with E-state index in [-0.39, 0.29) is 0 Å². The summed E-state index contributed by atoms with van der Waals surface area (Å²) >= 11 is 0. The molecule has 62 heavy (non-hydrogen) atoms. The third-order valence-electron chi connectivity index (χ3n) is 12.8. The first kappa shape index (κ1) is 35.9. The van der Waals surface area contributed by atoms with Gasteiger partial charge in [0.15, 0.2) is 22.7 Å². The first-order chi connectivity index (χ1) is 30.8. The van der Waals surface area contributed by atoms with Crippen molar-refractivity contribution in [2.45, 2.75) is 0 Å². The molecule has 0 amide bonds. The number of nitrogens with zero attached hydrogens (tertiary/aromatic N) is 2. The van der Waals surface area contributed by atoms with Crippen LogP contribution in [-0.2, 0) is 0 Å². The van der Waals surface area contributed by atoms with E-state index >= 15 is 0 Å². The average molecular weight is 790 g/mol. The van der Waals surface area contributed by atoms with Crippen LogP contribution < -0.4 is 9.38 Å². The standard InChI is InChI=1S/C60H41N2/c1-3-15-42(16-4-1)45-33-37-49(38-34-45)61(51-20-13-19-48(41-51)43-17-5-2-6-18-43)50-39-35-46(36-40-50)44-29-31-47(32-30-44)52-24-14-25-56-55-23-9-12-28-59(55)62(60(52)56)57-26-10-7-21-53(57)54-22-8-11-27-58(54)62/h1-41H/q+1. The number of fused-ring (bicyclic) bond motifs is 10. The highest BCUT2D eigenvalue weighted by Crippen LogP contribution is 2.70. The summed E-state index contributed by atoms with van der Waals surface area (Å²) in [6.45, 7) is 0. The topological polar surface area (TPSA) is 3.24 Å². The summed E-state index contributed by atoms with van der Waals surface area (Å²) in [6, 6.07) is 90.9. The largest absolute Gasteiger partial charge is 0.310 e. The van der Waals surface area contributed by atoms with Crippen LogP contribution >= 0.6 is 0 Å². The van der Waals surface area contributed by atoms with Crippen molar-refractivity contribution in [2.24, 2.45) is 0 Å². The van der Waals surface area contributed by atoms with Crippen molar-refractivity contribution in [2.75, 3.05) is 4.90 Å². The van der Waals surface area contributed by atoms with E-state index in [1.807, 2.05) is 0 Å². The molecule has 2 aliphatic rings. The van der Waals surface area contributed by atoms with Crippen molar-refractivity contribution in [3.63, 3.8) is 0 Å². The molecular weight excluding hydrogens is 749 g/mol. The summed E-state index contributed by atoms with van der Waals surface area (Å²) in [5, 5.41) is 0. The number of benzene rings is 10. The van der Waals surface area contributed by atoms with Crippen LogP contribution in [0.4, 0.5) is 39.8 Å². The summed E-state index contributed by atoms with van der Waals surface area (Å²) < 4.78 is 0.594. The van der Waals surface area contributed by atoms with E-state index in [0.29, 0.717) is 4.48 Å². The maximum Gasteiger partial charge on any atom is 0.164 e. The Morgan fingerprint density at radius 2 is 0.581 bits per heavy atom. The number of anilines is 3. The maximum absolute atomic E-state index is 2.36. The molecule has 1 spiro atoms. The highest BCUT2D eigenvalue weighted by atomic mass is 15.4. The van der Waals surface area contributed by atoms with Gasteiger partial charge in [-0.2, -0.15) is 4.48 Å². The van der Waals surface area contributed by atoms with Crippen LogP contribution in [-0.4, -0.2) is 0 Å². The number of hydrogen-bond acceptors (Lipinski definition) is 1. The van der Waals surface area contributed by atoms with Gasteiger partial charge in [0.25, 0.3) is 0 Å². The average Bonchev–Trinajstić information content (AvgIpc) is 3.83. The van der Waals surface area contributed by atoms with E-state index in [1.54, 1.807) is 0 Å². The van der Waals surface area contributed by atoms with Gasteiger partial charge in [0.1, 0.15) is 0 Å². The molecule has 0 saturated carbocycles. The minimum atomic E-state index is 0.594. The molecular formula is C60H41N2+. The van der Waals surface area contributed by atoms with Gasteiger partial charge >= 0.3 is 0 Å². The molecule has 0 atom stereocenters. The van der Waals surface area contributed by atoms with Gasteiger partial charge in [-0.25, -0.2) is 0 Å². The first-order valence-corrected chi connectivity index (χ1v) is 21.4. The predicted molar refractivity (Wildman–Crippen MR) is 261 cm³/mol. The minimum Gasteiger partial charge on any atom is -0.310 e. The molecule has 2 aliphatic heterocycles. The summed E-state index contributed by atoms with van der Waals surface area (Å²) in [4.78, 5) is 2.36. The van der Waals surface area contributed by atoms with E-state index in [9.17, 15) is 0 Å². The Hall–Kier alpha value is -8.04. The molecule has 2 heterocycles. The zero-order valence-corrected chi connectivity index (χ0v) is 34.1. The van der Waals surface area contributed by atoms with Crippen molar-refractivity contribution < 1.29 is 0 Å². The smallest absolute Gasteiger partial charge is 0.164 e. The van der Waals surface area contributed by atoms with Gasteiger partial charge in [-0.05, 0) is 106 Å². The molecule has 0 aromatic heterocycles. The molecule has 290 valence electrons. The van der Waals surface area contributed by atoms with Crippen LogP contribution in [0.3, 0.4) is 0 Å². The molecule has 0 fully saturated rings. The second kappa shape index (κ2) is 14.6. The fourth-order valence-electron chi connectivity index (χ4n) is 10.1. The van der Waals surface area contributed by atoms with Crippen molar-refractivity contribution in [1.82, 2.24) is 4.48 Å². The molecule has 0 radical (unpaired) electrons. The van der Waals surface area contributed by atoms with Crippen LogP contribution in [0.15, 0.2) is 249 Å². The van der Waals surface area contributed by atoms with Gasteiger partial charge < -0.3 is 4.90 Å². The SMILES string of the molecule is c1ccc(-c2ccc(N(c3ccc(-c4ccc(-c5cccc6c5[N+]5(c7ccccc7-c7ccccc75)c5ccccc5-6)cc4)cc3)c3cccc(-c4ccccc4)c3)cc2)cc1. The van der Waals surface area contributed by atoms with Gasteiger partial charge in [-0.3, -0.25) is 0 Å². The van der Waals surface area contributed by atoms with Gasteiger partial charge in [0.2, 0.25) is 0 Å².